The van der Waals surface area contributed by atoms with Gasteiger partial charge in [0.15, 0.2) is 0 Å². The topological polar surface area (TPSA) is 66.1 Å². The molecule has 152 valence electrons. The Hall–Kier alpha value is -2.93. The van der Waals surface area contributed by atoms with Crippen molar-refractivity contribution in [3.63, 3.8) is 0 Å². The lowest BCUT2D eigenvalue weighted by molar-refractivity contribution is 0.321. The van der Waals surface area contributed by atoms with Crippen LogP contribution in [0.15, 0.2) is 36.5 Å². The maximum Gasteiger partial charge on any atom is 0.130 e. The molecular formula is C22H26FN5O. The van der Waals surface area contributed by atoms with Gasteiger partial charge in [0.05, 0.1) is 12.3 Å². The Morgan fingerprint density at radius 3 is 2.72 bits per heavy atom. The van der Waals surface area contributed by atoms with Crippen molar-refractivity contribution in [1.82, 2.24) is 20.5 Å². The molecule has 29 heavy (non-hydrogen) atoms. The number of benzene rings is 1. The number of pyridine rings is 1. The predicted octanol–water partition coefficient (Wildman–Crippen LogP) is 3.26. The molecule has 1 aliphatic rings. The minimum absolute atomic E-state index is 0.309. The first kappa shape index (κ1) is 19.4. The van der Waals surface area contributed by atoms with Crippen molar-refractivity contribution in [3.05, 3.63) is 59.3 Å². The summed E-state index contributed by atoms with van der Waals surface area (Å²) < 4.78 is 20.0. The van der Waals surface area contributed by atoms with E-state index in [0.29, 0.717) is 18.8 Å². The number of ether oxygens (including phenoxy) is 1. The summed E-state index contributed by atoms with van der Waals surface area (Å²) in [6, 6.07) is 8.69. The van der Waals surface area contributed by atoms with Crippen LogP contribution in [0.25, 0.3) is 11.1 Å². The third-order valence-electron chi connectivity index (χ3n) is 5.33. The standard InChI is InChI=1S/C22H26FN5O/c1-15-19(16(2)27-26-15)6-12-29-21-14-18(23)3-4-20(21)17-5-7-25-22(13-17)28-10-8-24-9-11-28/h3-5,7,13-14,24H,6,8-12H2,1-2H3,(H,26,27). The maximum absolute atomic E-state index is 13.9. The number of nitrogens with zero attached hydrogens (tertiary/aromatic N) is 3. The molecule has 2 N–H and O–H groups in total. The lowest BCUT2D eigenvalue weighted by Crippen LogP contribution is -2.43. The van der Waals surface area contributed by atoms with Crippen molar-refractivity contribution in [3.8, 4) is 16.9 Å². The van der Waals surface area contributed by atoms with Crippen molar-refractivity contribution >= 4 is 5.82 Å². The van der Waals surface area contributed by atoms with Crippen LogP contribution in [0.3, 0.4) is 0 Å². The van der Waals surface area contributed by atoms with Crippen molar-refractivity contribution in [1.29, 1.82) is 0 Å². The van der Waals surface area contributed by atoms with Crippen molar-refractivity contribution in [2.24, 2.45) is 0 Å². The van der Waals surface area contributed by atoms with Gasteiger partial charge in [-0.1, -0.05) is 0 Å². The molecule has 2 aromatic heterocycles. The minimum atomic E-state index is -0.309. The van der Waals surface area contributed by atoms with E-state index >= 15 is 0 Å². The van der Waals surface area contributed by atoms with Gasteiger partial charge in [-0.05, 0) is 49.2 Å². The molecule has 0 amide bonds. The zero-order chi connectivity index (χ0) is 20.2. The number of aryl methyl sites for hydroxylation is 2. The predicted molar refractivity (Wildman–Crippen MR) is 112 cm³/mol. The highest BCUT2D eigenvalue weighted by Gasteiger charge is 2.15. The Labute approximate surface area is 170 Å². The van der Waals surface area contributed by atoms with Crippen molar-refractivity contribution in [2.45, 2.75) is 20.3 Å². The molecule has 0 unspecified atom stereocenters. The first-order valence-corrected chi connectivity index (χ1v) is 9.96. The number of aromatic nitrogens is 3. The van der Waals surface area contributed by atoms with Crippen LogP contribution < -0.4 is 15.0 Å². The van der Waals surface area contributed by atoms with Crippen LogP contribution in [-0.2, 0) is 6.42 Å². The second-order valence-corrected chi connectivity index (χ2v) is 7.29. The lowest BCUT2D eigenvalue weighted by atomic mass is 10.1. The molecule has 4 rings (SSSR count). The summed E-state index contributed by atoms with van der Waals surface area (Å²) in [5, 5.41) is 10.6. The molecule has 1 aromatic carbocycles. The van der Waals surface area contributed by atoms with Gasteiger partial charge in [-0.3, -0.25) is 5.10 Å². The number of piperazine rings is 1. The summed E-state index contributed by atoms with van der Waals surface area (Å²) in [5.74, 6) is 1.17. The van der Waals surface area contributed by atoms with Crippen LogP contribution in [0.5, 0.6) is 5.75 Å². The fraction of sp³-hybridized carbons (Fsp3) is 0.364. The van der Waals surface area contributed by atoms with Gasteiger partial charge in [-0.25, -0.2) is 9.37 Å². The average molecular weight is 395 g/mol. The summed E-state index contributed by atoms with van der Waals surface area (Å²) in [7, 11) is 0. The molecule has 3 aromatic rings. The first-order chi connectivity index (χ1) is 14.1. The molecule has 1 aliphatic heterocycles. The highest BCUT2D eigenvalue weighted by molar-refractivity contribution is 5.72. The average Bonchev–Trinajstić information content (AvgIpc) is 3.07. The van der Waals surface area contributed by atoms with Crippen LogP contribution in [-0.4, -0.2) is 48.0 Å². The van der Waals surface area contributed by atoms with Gasteiger partial charge < -0.3 is 15.0 Å². The van der Waals surface area contributed by atoms with E-state index in [1.54, 1.807) is 12.3 Å². The zero-order valence-corrected chi connectivity index (χ0v) is 16.8. The fourth-order valence-electron chi connectivity index (χ4n) is 3.71. The third-order valence-corrected chi connectivity index (χ3v) is 5.33. The number of hydrogen-bond donors (Lipinski definition) is 2. The summed E-state index contributed by atoms with van der Waals surface area (Å²) in [5.41, 5.74) is 5.00. The van der Waals surface area contributed by atoms with Crippen LogP contribution in [0.4, 0.5) is 10.2 Å². The van der Waals surface area contributed by atoms with Crippen molar-refractivity contribution < 1.29 is 9.13 Å². The Morgan fingerprint density at radius 1 is 1.14 bits per heavy atom. The first-order valence-electron chi connectivity index (χ1n) is 9.96. The summed E-state index contributed by atoms with van der Waals surface area (Å²) >= 11 is 0. The smallest absolute Gasteiger partial charge is 0.130 e. The van der Waals surface area contributed by atoms with Crippen LogP contribution in [0.2, 0.25) is 0 Å². The van der Waals surface area contributed by atoms with E-state index < -0.39 is 0 Å². The number of anilines is 1. The van der Waals surface area contributed by atoms with Crippen LogP contribution in [0, 0.1) is 19.7 Å². The Kier molecular flexibility index (Phi) is 5.76. The van der Waals surface area contributed by atoms with Gasteiger partial charge in [0.25, 0.3) is 0 Å². The van der Waals surface area contributed by atoms with E-state index in [9.17, 15) is 4.39 Å². The van der Waals surface area contributed by atoms with E-state index in [1.165, 1.54) is 12.1 Å². The quantitative estimate of drug-likeness (QED) is 0.671. The molecule has 3 heterocycles. The van der Waals surface area contributed by atoms with Gasteiger partial charge in [0.2, 0.25) is 0 Å². The number of halogens is 1. The molecule has 1 saturated heterocycles. The molecule has 7 heteroatoms. The van der Waals surface area contributed by atoms with Gasteiger partial charge in [-0.15, -0.1) is 0 Å². The lowest BCUT2D eigenvalue weighted by Gasteiger charge is -2.28. The Morgan fingerprint density at radius 2 is 1.97 bits per heavy atom. The van der Waals surface area contributed by atoms with E-state index in [2.05, 4.69) is 31.5 Å². The molecule has 0 atom stereocenters. The van der Waals surface area contributed by atoms with Gasteiger partial charge in [-0.2, -0.15) is 5.10 Å². The molecule has 0 bridgehead atoms. The van der Waals surface area contributed by atoms with E-state index in [1.807, 2.05) is 19.9 Å². The van der Waals surface area contributed by atoms with Crippen LogP contribution in [0.1, 0.15) is 17.0 Å². The molecule has 6 nitrogen and oxygen atoms in total. The largest absolute Gasteiger partial charge is 0.492 e. The van der Waals surface area contributed by atoms with E-state index in [0.717, 1.165) is 60.1 Å². The number of aromatic amines is 1. The normalized spacial score (nSPS) is 14.2. The number of hydrogen-bond acceptors (Lipinski definition) is 5. The Bertz CT molecular complexity index is 962. The Balaban J connectivity index is 1.55. The second-order valence-electron chi connectivity index (χ2n) is 7.29. The van der Waals surface area contributed by atoms with Gasteiger partial charge in [0.1, 0.15) is 17.4 Å². The monoisotopic (exact) mass is 395 g/mol. The molecule has 0 saturated carbocycles. The SMILES string of the molecule is Cc1n[nH]c(C)c1CCOc1cc(F)ccc1-c1ccnc(N2CCNCC2)c1. The highest BCUT2D eigenvalue weighted by atomic mass is 19.1. The molecular weight excluding hydrogens is 369 g/mol. The number of H-pyrrole nitrogens is 1. The van der Waals surface area contributed by atoms with Crippen LogP contribution >= 0.6 is 0 Å². The molecule has 0 radical (unpaired) electrons. The van der Waals surface area contributed by atoms with E-state index in [4.69, 9.17) is 4.74 Å². The van der Waals surface area contributed by atoms with Crippen molar-refractivity contribution in [2.75, 3.05) is 37.7 Å². The highest BCUT2D eigenvalue weighted by Crippen LogP contribution is 2.32. The third kappa shape index (κ3) is 4.40. The second kappa shape index (κ2) is 8.61. The molecule has 0 spiro atoms. The van der Waals surface area contributed by atoms with E-state index in [-0.39, 0.29) is 5.82 Å². The summed E-state index contributed by atoms with van der Waals surface area (Å²) in [6.07, 6.45) is 2.52. The summed E-state index contributed by atoms with van der Waals surface area (Å²) in [4.78, 5) is 6.78. The minimum Gasteiger partial charge on any atom is -0.492 e. The van der Waals surface area contributed by atoms with Gasteiger partial charge >= 0.3 is 0 Å². The molecule has 0 aliphatic carbocycles. The fourth-order valence-corrected chi connectivity index (χ4v) is 3.71. The molecule has 1 fully saturated rings. The van der Waals surface area contributed by atoms with Gasteiger partial charge in [0, 0.05) is 56.1 Å². The zero-order valence-electron chi connectivity index (χ0n) is 16.8. The maximum atomic E-state index is 13.9. The number of nitrogens with one attached hydrogen (secondary N) is 2. The summed E-state index contributed by atoms with van der Waals surface area (Å²) in [6.45, 7) is 8.17. The number of rotatable bonds is 6.